The lowest BCUT2D eigenvalue weighted by Gasteiger charge is -2.44. The van der Waals surface area contributed by atoms with E-state index in [9.17, 15) is 11.5 Å². The smallest absolute Gasteiger partial charge is 0.319 e. The molecule has 0 radical (unpaired) electrons. The second-order valence-corrected chi connectivity index (χ2v) is 32.9. The molecule has 1 aliphatic carbocycles. The summed E-state index contributed by atoms with van der Waals surface area (Å²) in [5.41, 5.74) is 12.3. The van der Waals surface area contributed by atoms with Gasteiger partial charge in [-0.2, -0.15) is 9.97 Å². The van der Waals surface area contributed by atoms with Crippen LogP contribution in [-0.2, 0) is 4.74 Å². The van der Waals surface area contributed by atoms with Crippen LogP contribution in [0.1, 0.15) is 115 Å². The summed E-state index contributed by atoms with van der Waals surface area (Å²) in [7, 11) is -5.09. The maximum atomic E-state index is 18.6. The third-order valence-corrected chi connectivity index (χ3v) is 28.4. The van der Waals surface area contributed by atoms with E-state index >= 15 is 13.2 Å². The molecule has 4 aromatic rings. The van der Waals surface area contributed by atoms with Crippen LogP contribution in [0, 0.1) is 51.8 Å². The topological polar surface area (TPSA) is 89.6 Å². The Morgan fingerprint density at radius 2 is 1.51 bits per heavy atom. The van der Waals surface area contributed by atoms with Crippen molar-refractivity contribution >= 4 is 49.3 Å². The maximum absolute atomic E-state index is 18.6. The standard InChI is InChI=1S/C54H73F5N6O2Si2/c1-30(2)68(31(3)4,32(5)6)23-18-38-42(55)16-15-36-25-37(60)26-39(44(36)38)48-47(57)49-45(43(61-48)19-24-69(33(7)8,34(9)10)35(11)12)52(65-21-22-66-27-40-46(56)50(40)65)63-53(62-49)67-29-54(13)28-64(14)20-17-41(54)51(58)59/h15-16,25-26,30-35,40-41,46,50-51H,17,20-22,27-29,60H2,1-14H3/t40-,41+,46-,50-,54-/m0/s1/i14D3,29D2. The lowest BCUT2D eigenvalue weighted by Crippen LogP contribution is -2.51. The van der Waals surface area contributed by atoms with Crippen molar-refractivity contribution < 1.29 is 38.3 Å². The number of ether oxygens (including phenoxy) is 2. The first-order valence-electron chi connectivity index (χ1n) is 27.1. The number of piperidine rings is 1. The molecule has 2 aromatic heterocycles. The van der Waals surface area contributed by atoms with Crippen molar-refractivity contribution in [3.63, 3.8) is 0 Å². The minimum atomic E-state index is -3.11. The van der Waals surface area contributed by atoms with Crippen LogP contribution in [0.25, 0.3) is 32.9 Å². The first kappa shape index (κ1) is 45.8. The van der Waals surface area contributed by atoms with Crippen molar-refractivity contribution in [3.8, 4) is 40.2 Å². The zero-order chi connectivity index (χ0) is 54.9. The monoisotopic (exact) mass is 994 g/mol. The van der Waals surface area contributed by atoms with Gasteiger partial charge in [0.25, 0.3) is 0 Å². The Labute approximate surface area is 416 Å². The molecule has 3 aliphatic rings. The molecule has 0 amide bonds. The quantitative estimate of drug-likeness (QED) is 0.0650. The summed E-state index contributed by atoms with van der Waals surface area (Å²) in [5.74, 6) is 2.59. The highest BCUT2D eigenvalue weighted by Gasteiger charge is 2.57. The highest BCUT2D eigenvalue weighted by Crippen LogP contribution is 2.48. The van der Waals surface area contributed by atoms with Gasteiger partial charge in [-0.25, -0.2) is 26.9 Å². The molecular formula is C54H73F5N6O2Si2. The largest absolute Gasteiger partial charge is 0.463 e. The zero-order valence-corrected chi connectivity index (χ0v) is 44.4. The van der Waals surface area contributed by atoms with Crippen molar-refractivity contribution in [1.82, 2.24) is 19.9 Å². The van der Waals surface area contributed by atoms with Crippen LogP contribution in [0.4, 0.5) is 33.5 Å². The fourth-order valence-electron chi connectivity index (χ4n) is 12.2. The third-order valence-electron chi connectivity index (χ3n) is 15.8. The number of nitrogens with zero attached hydrogens (tertiary/aromatic N) is 5. The van der Waals surface area contributed by atoms with E-state index in [-0.39, 0.29) is 111 Å². The van der Waals surface area contributed by atoms with E-state index in [1.54, 1.807) is 17.0 Å². The van der Waals surface area contributed by atoms with E-state index in [0.29, 0.717) is 5.39 Å². The predicted octanol–water partition coefficient (Wildman–Crippen LogP) is 12.6. The number of likely N-dealkylation sites (tertiary alicyclic amines) is 1. The van der Waals surface area contributed by atoms with Crippen molar-refractivity contribution in [2.24, 2.45) is 17.3 Å². The Morgan fingerprint density at radius 1 is 0.884 bits per heavy atom. The highest BCUT2D eigenvalue weighted by atomic mass is 28.3. The van der Waals surface area contributed by atoms with Gasteiger partial charge in [0.2, 0.25) is 6.43 Å². The number of alkyl halides is 3. The van der Waals surface area contributed by atoms with E-state index in [0.717, 1.165) is 4.90 Å². The number of pyridine rings is 1. The number of hydrogen-bond donors (Lipinski definition) is 1. The van der Waals surface area contributed by atoms with Crippen LogP contribution in [-0.4, -0.2) is 101 Å². The normalized spacial score (nSPS) is 24.0. The molecule has 3 fully saturated rings. The summed E-state index contributed by atoms with van der Waals surface area (Å²) < 4.78 is 136. The van der Waals surface area contributed by atoms with Gasteiger partial charge in [0, 0.05) is 51.1 Å². The minimum absolute atomic E-state index is 0.00773. The summed E-state index contributed by atoms with van der Waals surface area (Å²) in [5, 5.41) is 0.658. The van der Waals surface area contributed by atoms with Crippen LogP contribution in [0.3, 0.4) is 0 Å². The number of fused-ring (bicyclic) bond motifs is 3. The number of nitrogen functional groups attached to an aromatic ring is 1. The summed E-state index contributed by atoms with van der Waals surface area (Å²) >= 11 is 0. The molecule has 0 unspecified atom stereocenters. The van der Waals surface area contributed by atoms with Crippen LogP contribution in [0.15, 0.2) is 24.3 Å². The molecule has 2 aliphatic heterocycles. The fourth-order valence-corrected chi connectivity index (χ4v) is 22.6. The summed E-state index contributed by atoms with van der Waals surface area (Å²) in [6, 6.07) is 4.40. The lowest BCUT2D eigenvalue weighted by atomic mass is 9.73. The van der Waals surface area contributed by atoms with Gasteiger partial charge in [-0.05, 0) is 76.8 Å². The zero-order valence-electron chi connectivity index (χ0n) is 47.4. The van der Waals surface area contributed by atoms with Gasteiger partial charge in [0.15, 0.2) is 5.82 Å². The van der Waals surface area contributed by atoms with Crippen LogP contribution in [0.5, 0.6) is 6.01 Å². The van der Waals surface area contributed by atoms with E-state index in [1.165, 1.54) is 19.1 Å². The minimum Gasteiger partial charge on any atom is -0.463 e. The van der Waals surface area contributed by atoms with Gasteiger partial charge >= 0.3 is 6.01 Å². The van der Waals surface area contributed by atoms with E-state index in [2.05, 4.69) is 111 Å². The molecule has 69 heavy (non-hydrogen) atoms. The molecule has 4 heterocycles. The van der Waals surface area contributed by atoms with E-state index in [1.807, 2.05) is 0 Å². The fraction of sp³-hybridized carbons (Fsp3) is 0.611. The summed E-state index contributed by atoms with van der Waals surface area (Å²) in [6.45, 7) is 20.4. The molecular weight excluding hydrogens is 916 g/mol. The molecule has 1 saturated carbocycles. The molecule has 2 saturated heterocycles. The SMILES string of the molecule is [2H]C([2H])([2H])N1CC[C@H](C(F)F)[C@](C)(C([2H])([2H])Oc2nc(N3CCOC[C@H]4[C@H](F)[C@H]43)c3c(C#C[Si](C(C)C)(C(C)C)C(C)C)nc(-c4cc(N)cc5ccc(F)c(C#C[Si](C(C)C)(C(C)C)C(C)C)c45)c(F)c3n2)C1. The second kappa shape index (κ2) is 20.1. The van der Waals surface area contributed by atoms with Gasteiger partial charge in [-0.15, -0.1) is 11.1 Å². The number of nitrogens with two attached hydrogens (primary N) is 1. The first-order chi connectivity index (χ1) is 34.4. The average Bonchev–Trinajstić information content (AvgIpc) is 3.99. The Kier molecular flexibility index (Phi) is 13.3. The number of aromatic nitrogens is 3. The second-order valence-electron chi connectivity index (χ2n) is 21.7. The number of benzene rings is 2. The third kappa shape index (κ3) is 9.51. The predicted molar refractivity (Wildman–Crippen MR) is 276 cm³/mol. The Bertz CT molecular complexity index is 2860. The molecule has 0 spiro atoms. The summed E-state index contributed by atoms with van der Waals surface area (Å²) in [6.07, 6.45) is -4.83. The maximum Gasteiger partial charge on any atom is 0.319 e. The Hall–Kier alpha value is -4.29. The van der Waals surface area contributed by atoms with Gasteiger partial charge < -0.3 is 25.0 Å². The molecule has 7 rings (SSSR count). The highest BCUT2D eigenvalue weighted by molar-refractivity contribution is 6.91. The van der Waals surface area contributed by atoms with Crippen molar-refractivity contribution in [1.29, 1.82) is 0 Å². The van der Waals surface area contributed by atoms with Gasteiger partial charge in [-0.1, -0.05) is 108 Å². The lowest BCUT2D eigenvalue weighted by molar-refractivity contribution is -0.0679. The van der Waals surface area contributed by atoms with Gasteiger partial charge in [0.05, 0.1) is 39.5 Å². The van der Waals surface area contributed by atoms with E-state index in [4.69, 9.17) is 29.3 Å². The van der Waals surface area contributed by atoms with Crippen LogP contribution < -0.4 is 15.4 Å². The molecule has 8 nitrogen and oxygen atoms in total. The number of rotatable bonds is 12. The van der Waals surface area contributed by atoms with Gasteiger partial charge in [-0.3, -0.25) is 0 Å². The summed E-state index contributed by atoms with van der Waals surface area (Å²) in [4.78, 5) is 16.9. The average molecular weight is 994 g/mol. The molecule has 0 bridgehead atoms. The van der Waals surface area contributed by atoms with Crippen molar-refractivity contribution in [2.45, 2.75) is 148 Å². The first-order valence-corrected chi connectivity index (χ1v) is 29.0. The molecule has 15 heteroatoms. The number of hydrogen-bond acceptors (Lipinski definition) is 8. The Balaban J connectivity index is 1.62. The van der Waals surface area contributed by atoms with E-state index < -0.39 is 95.3 Å². The number of halogens is 5. The molecule has 374 valence electrons. The molecule has 2 N–H and O–H groups in total. The molecule has 5 atom stereocenters. The van der Waals surface area contributed by atoms with Crippen molar-refractivity contribution in [2.75, 3.05) is 57.0 Å². The van der Waals surface area contributed by atoms with Crippen molar-refractivity contribution in [3.05, 3.63) is 47.2 Å². The van der Waals surface area contributed by atoms with Gasteiger partial charge in [0.1, 0.15) is 50.9 Å². The number of anilines is 2. The Morgan fingerprint density at radius 3 is 2.10 bits per heavy atom. The molecule has 2 aromatic carbocycles. The van der Waals surface area contributed by atoms with Crippen LogP contribution >= 0.6 is 0 Å². The van der Waals surface area contributed by atoms with Crippen LogP contribution in [0.2, 0.25) is 33.2 Å².